The molecule has 4 N–H and O–H groups in total. The third-order valence-corrected chi connectivity index (χ3v) is 7.81. The van der Waals surface area contributed by atoms with Gasteiger partial charge in [-0.2, -0.15) is 28.1 Å². The van der Waals surface area contributed by atoms with Gasteiger partial charge in [-0.05, 0) is 54.8 Å². The Morgan fingerprint density at radius 3 is 2.23 bits per heavy atom. The van der Waals surface area contributed by atoms with Gasteiger partial charge in [0.25, 0.3) is 5.91 Å². The van der Waals surface area contributed by atoms with E-state index in [0.29, 0.717) is 23.6 Å². The number of amides is 2. The molecule has 17 heteroatoms. The Kier molecular flexibility index (Phi) is 9.83. The number of alkyl halides is 3. The van der Waals surface area contributed by atoms with Crippen LogP contribution in [0.5, 0.6) is 6.01 Å². The summed E-state index contributed by atoms with van der Waals surface area (Å²) in [6, 6.07) is 12.0. The summed E-state index contributed by atoms with van der Waals surface area (Å²) in [6.45, 7) is 1.54. The van der Waals surface area contributed by atoms with Crippen LogP contribution in [0.25, 0.3) is 0 Å². The van der Waals surface area contributed by atoms with Gasteiger partial charge in [0.2, 0.25) is 27.8 Å². The Hall–Kier alpha value is -4.18. The van der Waals surface area contributed by atoms with Gasteiger partial charge in [-0.25, -0.2) is 13.1 Å². The second-order valence-electron chi connectivity index (χ2n) is 10.3. The molecule has 4 rings (SSSR count). The Balaban J connectivity index is 1.45. The highest BCUT2D eigenvalue weighted by atomic mass is 35.5. The zero-order valence-electron chi connectivity index (χ0n) is 23.5. The lowest BCUT2D eigenvalue weighted by molar-refractivity contribution is -0.154. The molecule has 44 heavy (non-hydrogen) atoms. The van der Waals surface area contributed by atoms with E-state index in [1.54, 1.807) is 26.0 Å². The molecule has 1 heterocycles. The number of carbonyl (C=O) groups excluding carboxylic acids is 2. The molecule has 1 aliphatic carbocycles. The SMILES string of the molecule is CC(C)C(=O)NCCS(=O)(=O)NC(=O)c1ccc(Nc2nc(NC3(c4ccc(Cl)cc4)CC3)nc(OCC(F)(F)F)n2)cc1. The molecule has 1 aromatic heterocycles. The maximum Gasteiger partial charge on any atom is 0.422 e. The molecular formula is C27H29ClF3N7O5S. The Morgan fingerprint density at radius 1 is 1.00 bits per heavy atom. The van der Waals surface area contributed by atoms with E-state index >= 15 is 0 Å². The number of sulfonamides is 1. The van der Waals surface area contributed by atoms with Crippen LogP contribution in [0.2, 0.25) is 5.02 Å². The highest BCUT2D eigenvalue weighted by molar-refractivity contribution is 7.90. The average molecular weight is 656 g/mol. The molecule has 2 amide bonds. The van der Waals surface area contributed by atoms with Crippen LogP contribution in [0.1, 0.15) is 42.6 Å². The Morgan fingerprint density at radius 2 is 1.64 bits per heavy atom. The first-order chi connectivity index (χ1) is 20.6. The maximum atomic E-state index is 12.8. The van der Waals surface area contributed by atoms with Crippen molar-refractivity contribution in [3.63, 3.8) is 0 Å². The summed E-state index contributed by atoms with van der Waals surface area (Å²) in [5, 5.41) is 9.00. The normalized spacial score (nSPS) is 14.1. The second-order valence-corrected chi connectivity index (χ2v) is 12.6. The Labute approximate surface area is 256 Å². The first-order valence-corrected chi connectivity index (χ1v) is 15.4. The number of ether oxygens (including phenoxy) is 1. The first-order valence-electron chi connectivity index (χ1n) is 13.3. The van der Waals surface area contributed by atoms with Crippen molar-refractivity contribution < 1.29 is 35.9 Å². The third-order valence-electron chi connectivity index (χ3n) is 6.32. The predicted octanol–water partition coefficient (Wildman–Crippen LogP) is 4.14. The minimum absolute atomic E-state index is 0.0104. The summed E-state index contributed by atoms with van der Waals surface area (Å²) in [7, 11) is -4.03. The van der Waals surface area contributed by atoms with Crippen molar-refractivity contribution in [1.82, 2.24) is 25.0 Å². The molecule has 0 bridgehead atoms. The number of rotatable bonds is 13. The van der Waals surface area contributed by atoms with Crippen molar-refractivity contribution >= 4 is 51.0 Å². The third kappa shape index (κ3) is 9.41. The van der Waals surface area contributed by atoms with Crippen LogP contribution in [0.3, 0.4) is 0 Å². The van der Waals surface area contributed by atoms with E-state index in [1.165, 1.54) is 24.3 Å². The number of hydrogen-bond acceptors (Lipinski definition) is 10. The zero-order valence-corrected chi connectivity index (χ0v) is 25.1. The summed E-state index contributed by atoms with van der Waals surface area (Å²) >= 11 is 5.99. The van der Waals surface area contributed by atoms with Crippen molar-refractivity contribution in [2.24, 2.45) is 5.92 Å². The summed E-state index contributed by atoms with van der Waals surface area (Å²) in [4.78, 5) is 36.3. The molecule has 236 valence electrons. The number of anilines is 3. The molecule has 2 aromatic carbocycles. The summed E-state index contributed by atoms with van der Waals surface area (Å²) in [6.07, 6.45) is -3.19. The van der Waals surface area contributed by atoms with Crippen molar-refractivity contribution in [3.05, 3.63) is 64.7 Å². The molecule has 0 atom stereocenters. The first kappa shape index (κ1) is 32.7. The van der Waals surface area contributed by atoms with Gasteiger partial charge in [0.15, 0.2) is 6.61 Å². The fourth-order valence-corrected chi connectivity index (χ4v) is 4.87. The van der Waals surface area contributed by atoms with Crippen molar-refractivity contribution in [1.29, 1.82) is 0 Å². The molecule has 0 spiro atoms. The van der Waals surface area contributed by atoms with Crippen LogP contribution in [0.15, 0.2) is 48.5 Å². The number of aromatic nitrogens is 3. The van der Waals surface area contributed by atoms with Crippen molar-refractivity contribution in [3.8, 4) is 6.01 Å². The molecule has 1 saturated carbocycles. The number of hydrogen-bond donors (Lipinski definition) is 4. The lowest BCUT2D eigenvalue weighted by Crippen LogP contribution is -2.38. The van der Waals surface area contributed by atoms with Gasteiger partial charge in [-0.3, -0.25) is 9.59 Å². The van der Waals surface area contributed by atoms with E-state index < -0.39 is 46.0 Å². The number of halogens is 4. The fourth-order valence-electron chi connectivity index (χ4n) is 3.87. The number of benzene rings is 2. The summed E-state index contributed by atoms with van der Waals surface area (Å²) < 4.78 is 69.7. The topological polar surface area (TPSA) is 164 Å². The summed E-state index contributed by atoms with van der Waals surface area (Å²) in [5.74, 6) is -2.19. The van der Waals surface area contributed by atoms with Crippen LogP contribution in [0.4, 0.5) is 30.8 Å². The van der Waals surface area contributed by atoms with Crippen LogP contribution < -0.4 is 25.4 Å². The molecule has 1 aliphatic rings. The molecule has 0 aliphatic heterocycles. The van der Waals surface area contributed by atoms with Gasteiger partial charge >= 0.3 is 12.2 Å². The smallest absolute Gasteiger partial charge is 0.422 e. The molecule has 0 radical (unpaired) electrons. The number of carbonyl (C=O) groups is 2. The molecule has 1 fully saturated rings. The van der Waals surface area contributed by atoms with Gasteiger partial charge in [0.05, 0.1) is 11.3 Å². The van der Waals surface area contributed by atoms with Crippen LogP contribution in [-0.2, 0) is 20.4 Å². The van der Waals surface area contributed by atoms with Crippen LogP contribution >= 0.6 is 11.6 Å². The van der Waals surface area contributed by atoms with Gasteiger partial charge < -0.3 is 20.7 Å². The van der Waals surface area contributed by atoms with Crippen molar-refractivity contribution in [2.45, 2.75) is 38.4 Å². The van der Waals surface area contributed by atoms with E-state index in [-0.39, 0.29) is 35.8 Å². The van der Waals surface area contributed by atoms with Gasteiger partial charge in [-0.15, -0.1) is 0 Å². The molecule has 12 nitrogen and oxygen atoms in total. The molecule has 0 saturated heterocycles. The predicted molar refractivity (Wildman–Crippen MR) is 156 cm³/mol. The minimum atomic E-state index is -4.62. The van der Waals surface area contributed by atoms with E-state index in [4.69, 9.17) is 16.3 Å². The summed E-state index contributed by atoms with van der Waals surface area (Å²) in [5.41, 5.74) is 0.695. The maximum absolute atomic E-state index is 12.8. The standard InChI is InChI=1S/C27H29ClF3N7O5S/c1-16(2)21(39)32-13-14-44(41,42)38-22(40)17-3-9-20(10-4-17)33-23-34-24(36-25(35-23)43-15-27(29,30)31)37-26(11-12-26)18-5-7-19(28)8-6-18/h3-10,16H,11-15H2,1-2H3,(H,32,39)(H,38,40)(H2,33,34,35,36,37). The van der Waals surface area contributed by atoms with Gasteiger partial charge in [0.1, 0.15) is 0 Å². The largest absolute Gasteiger partial charge is 0.454 e. The van der Waals surface area contributed by atoms with Crippen LogP contribution in [0, 0.1) is 5.92 Å². The number of nitrogens with zero attached hydrogens (tertiary/aromatic N) is 3. The van der Waals surface area contributed by atoms with E-state index in [1.807, 2.05) is 16.9 Å². The number of nitrogens with one attached hydrogen (secondary N) is 4. The quantitative estimate of drug-likeness (QED) is 0.210. The lowest BCUT2D eigenvalue weighted by Gasteiger charge is -2.19. The molecule has 0 unspecified atom stereocenters. The van der Waals surface area contributed by atoms with Gasteiger partial charge in [0, 0.05) is 28.7 Å². The monoisotopic (exact) mass is 655 g/mol. The van der Waals surface area contributed by atoms with Gasteiger partial charge in [-0.1, -0.05) is 37.6 Å². The molecule has 3 aromatic rings. The van der Waals surface area contributed by atoms with E-state index in [2.05, 4.69) is 30.9 Å². The average Bonchev–Trinajstić information content (AvgIpc) is 3.72. The Bertz CT molecular complexity index is 1600. The second kappa shape index (κ2) is 13.2. The zero-order chi connectivity index (χ0) is 32.1. The van der Waals surface area contributed by atoms with E-state index in [9.17, 15) is 31.2 Å². The van der Waals surface area contributed by atoms with Crippen LogP contribution in [-0.4, -0.2) is 60.3 Å². The lowest BCUT2D eigenvalue weighted by atomic mass is 10.1. The molecular weight excluding hydrogens is 627 g/mol. The fraction of sp³-hybridized carbons (Fsp3) is 0.370. The minimum Gasteiger partial charge on any atom is -0.454 e. The van der Waals surface area contributed by atoms with E-state index in [0.717, 1.165) is 5.56 Å². The highest BCUT2D eigenvalue weighted by Crippen LogP contribution is 2.48. The van der Waals surface area contributed by atoms with Crippen molar-refractivity contribution in [2.75, 3.05) is 29.5 Å². The highest BCUT2D eigenvalue weighted by Gasteiger charge is 2.45.